The molecule has 0 amide bonds. The third-order valence-corrected chi connectivity index (χ3v) is 3.75. The first-order valence-corrected chi connectivity index (χ1v) is 7.73. The summed E-state index contributed by atoms with van der Waals surface area (Å²) in [6, 6.07) is 10.2. The van der Waals surface area contributed by atoms with Crippen LogP contribution in [0.4, 0.5) is 5.69 Å². The molecule has 0 aliphatic rings. The maximum Gasteiger partial charge on any atom is 0.251 e. The Morgan fingerprint density at radius 1 is 1.18 bits per heavy atom. The van der Waals surface area contributed by atoms with E-state index in [-0.39, 0.29) is 5.56 Å². The van der Waals surface area contributed by atoms with Gasteiger partial charge in [-0.2, -0.15) is 0 Å². The van der Waals surface area contributed by atoms with Crippen LogP contribution in [-0.4, -0.2) is 37.1 Å². The Balaban J connectivity index is 2.20. The molecule has 0 aliphatic carbocycles. The number of aromatic amines is 1. The minimum atomic E-state index is -0.0135. The number of nitrogens with zero attached hydrogens (tertiary/aromatic N) is 1. The Kier molecular flexibility index (Phi) is 5.39. The second-order valence-corrected chi connectivity index (χ2v) is 5.84. The van der Waals surface area contributed by atoms with Gasteiger partial charge in [-0.15, -0.1) is 0 Å². The molecule has 118 valence electrons. The van der Waals surface area contributed by atoms with Gasteiger partial charge in [0.15, 0.2) is 0 Å². The normalized spacial score (nSPS) is 11.0. The van der Waals surface area contributed by atoms with Gasteiger partial charge in [-0.25, -0.2) is 0 Å². The molecule has 0 spiro atoms. The molecule has 22 heavy (non-hydrogen) atoms. The molecule has 0 saturated carbocycles. The Bertz CT molecular complexity index is 672. The second kappa shape index (κ2) is 7.27. The summed E-state index contributed by atoms with van der Waals surface area (Å²) in [5.74, 6) is 0. The lowest BCUT2D eigenvalue weighted by atomic mass is 10.0. The van der Waals surface area contributed by atoms with Crippen LogP contribution in [0, 0.1) is 6.92 Å². The number of likely N-dealkylation sites (N-methyl/N-ethyl adjacent to an activating group) is 1. The first-order chi connectivity index (χ1) is 10.5. The highest BCUT2D eigenvalue weighted by molar-refractivity contribution is 5.66. The van der Waals surface area contributed by atoms with E-state index in [0.717, 1.165) is 42.0 Å². The highest BCUT2D eigenvalue weighted by Crippen LogP contribution is 2.23. The first-order valence-electron chi connectivity index (χ1n) is 7.73. The molecule has 0 bridgehead atoms. The molecular formula is C18H25N3O. The fraction of sp³-hybridized carbons (Fsp3) is 0.389. The average molecular weight is 299 g/mol. The molecule has 0 saturated heterocycles. The monoisotopic (exact) mass is 299 g/mol. The topological polar surface area (TPSA) is 48.1 Å². The van der Waals surface area contributed by atoms with Crippen molar-refractivity contribution in [1.82, 2.24) is 9.88 Å². The van der Waals surface area contributed by atoms with Gasteiger partial charge in [0, 0.05) is 24.3 Å². The lowest BCUT2D eigenvalue weighted by Gasteiger charge is -2.13. The van der Waals surface area contributed by atoms with Crippen LogP contribution in [0.3, 0.4) is 0 Å². The summed E-state index contributed by atoms with van der Waals surface area (Å²) < 4.78 is 0. The molecule has 2 aromatic rings. The van der Waals surface area contributed by atoms with Crippen molar-refractivity contribution in [2.24, 2.45) is 0 Å². The van der Waals surface area contributed by atoms with E-state index in [2.05, 4.69) is 60.5 Å². The van der Waals surface area contributed by atoms with Gasteiger partial charge in [-0.05, 0) is 56.8 Å². The average Bonchev–Trinajstić information content (AvgIpc) is 2.50. The summed E-state index contributed by atoms with van der Waals surface area (Å²) >= 11 is 0. The van der Waals surface area contributed by atoms with E-state index in [4.69, 9.17) is 0 Å². The molecule has 0 unspecified atom stereocenters. The van der Waals surface area contributed by atoms with Crippen molar-refractivity contribution in [1.29, 1.82) is 0 Å². The molecule has 2 N–H and O–H groups in total. The van der Waals surface area contributed by atoms with Crippen LogP contribution >= 0.6 is 0 Å². The number of hydrogen-bond acceptors (Lipinski definition) is 3. The molecule has 4 heteroatoms. The van der Waals surface area contributed by atoms with Crippen LogP contribution < -0.4 is 10.9 Å². The van der Waals surface area contributed by atoms with E-state index in [1.54, 1.807) is 0 Å². The zero-order valence-corrected chi connectivity index (χ0v) is 13.9. The molecule has 1 heterocycles. The molecule has 1 aromatic heterocycles. The fourth-order valence-corrected chi connectivity index (χ4v) is 2.41. The number of hydrogen-bond donors (Lipinski definition) is 2. The van der Waals surface area contributed by atoms with E-state index in [0.29, 0.717) is 0 Å². The third kappa shape index (κ3) is 3.98. The highest BCUT2D eigenvalue weighted by Gasteiger charge is 2.07. The fourth-order valence-electron chi connectivity index (χ4n) is 2.41. The first kappa shape index (κ1) is 16.3. The van der Waals surface area contributed by atoms with Crippen LogP contribution in [0.25, 0.3) is 11.3 Å². The molecule has 4 nitrogen and oxygen atoms in total. The van der Waals surface area contributed by atoms with Crippen LogP contribution in [-0.2, 0) is 6.42 Å². The van der Waals surface area contributed by atoms with E-state index in [1.807, 2.05) is 13.0 Å². The largest absolute Gasteiger partial charge is 0.384 e. The smallest absolute Gasteiger partial charge is 0.251 e. The van der Waals surface area contributed by atoms with Gasteiger partial charge in [0.25, 0.3) is 5.56 Å². The third-order valence-electron chi connectivity index (χ3n) is 3.75. The molecule has 1 aromatic carbocycles. The Labute approximate surface area is 132 Å². The number of H-pyrrole nitrogens is 1. The minimum absolute atomic E-state index is 0.0135. The standard InChI is InChI=1S/C18H25N3O/c1-5-14-12-13(2)18(22)20-17(14)15-6-8-16(9-7-15)19-10-11-21(3)4/h6-9,12,19H,5,10-11H2,1-4H3,(H,20,22). The van der Waals surface area contributed by atoms with E-state index < -0.39 is 0 Å². The minimum Gasteiger partial charge on any atom is -0.384 e. The SMILES string of the molecule is CCc1cc(C)c(=O)[nH]c1-c1ccc(NCCN(C)C)cc1. The number of pyridine rings is 1. The van der Waals surface area contributed by atoms with E-state index in [1.165, 1.54) is 5.56 Å². The molecule has 0 radical (unpaired) electrons. The predicted molar refractivity (Wildman–Crippen MR) is 93.7 cm³/mol. The zero-order valence-electron chi connectivity index (χ0n) is 13.9. The van der Waals surface area contributed by atoms with Crippen LogP contribution in [0.2, 0.25) is 0 Å². The molecule has 2 rings (SSSR count). The van der Waals surface area contributed by atoms with Gasteiger partial charge < -0.3 is 15.2 Å². The Morgan fingerprint density at radius 2 is 1.86 bits per heavy atom. The summed E-state index contributed by atoms with van der Waals surface area (Å²) in [5, 5.41) is 3.39. The van der Waals surface area contributed by atoms with Crippen molar-refractivity contribution in [3.05, 3.63) is 51.8 Å². The number of rotatable bonds is 6. The summed E-state index contributed by atoms with van der Waals surface area (Å²) in [6.07, 6.45) is 0.899. The summed E-state index contributed by atoms with van der Waals surface area (Å²) in [4.78, 5) is 17.0. The summed E-state index contributed by atoms with van der Waals surface area (Å²) in [6.45, 7) is 5.86. The van der Waals surface area contributed by atoms with Crippen molar-refractivity contribution >= 4 is 5.69 Å². The van der Waals surface area contributed by atoms with E-state index >= 15 is 0 Å². The van der Waals surface area contributed by atoms with Gasteiger partial charge in [-0.1, -0.05) is 19.1 Å². The number of nitrogens with one attached hydrogen (secondary N) is 2. The number of benzene rings is 1. The quantitative estimate of drug-likeness (QED) is 0.862. The van der Waals surface area contributed by atoms with Crippen LogP contribution in [0.1, 0.15) is 18.1 Å². The maximum absolute atomic E-state index is 11.9. The van der Waals surface area contributed by atoms with Gasteiger partial charge >= 0.3 is 0 Å². The van der Waals surface area contributed by atoms with Crippen molar-refractivity contribution < 1.29 is 0 Å². The van der Waals surface area contributed by atoms with Gasteiger partial charge in [0.1, 0.15) is 0 Å². The Hall–Kier alpha value is -2.07. The number of aromatic nitrogens is 1. The number of aryl methyl sites for hydroxylation is 2. The molecule has 0 fully saturated rings. The van der Waals surface area contributed by atoms with Gasteiger partial charge in [-0.3, -0.25) is 4.79 Å². The lowest BCUT2D eigenvalue weighted by molar-refractivity contribution is 0.425. The Morgan fingerprint density at radius 3 is 2.45 bits per heavy atom. The summed E-state index contributed by atoms with van der Waals surface area (Å²) in [5.41, 5.74) is 5.00. The molecule has 0 aliphatic heterocycles. The molecule has 0 atom stereocenters. The summed E-state index contributed by atoms with van der Waals surface area (Å²) in [7, 11) is 4.12. The zero-order chi connectivity index (χ0) is 16.1. The molecular weight excluding hydrogens is 274 g/mol. The van der Waals surface area contributed by atoms with Crippen molar-refractivity contribution in [2.45, 2.75) is 20.3 Å². The van der Waals surface area contributed by atoms with Crippen molar-refractivity contribution in [2.75, 3.05) is 32.5 Å². The van der Waals surface area contributed by atoms with Gasteiger partial charge in [0.05, 0.1) is 5.69 Å². The van der Waals surface area contributed by atoms with Gasteiger partial charge in [0.2, 0.25) is 0 Å². The second-order valence-electron chi connectivity index (χ2n) is 5.84. The number of anilines is 1. The van der Waals surface area contributed by atoms with Crippen molar-refractivity contribution in [3.63, 3.8) is 0 Å². The maximum atomic E-state index is 11.9. The lowest BCUT2D eigenvalue weighted by Crippen LogP contribution is -2.20. The van der Waals surface area contributed by atoms with Crippen molar-refractivity contribution in [3.8, 4) is 11.3 Å². The van der Waals surface area contributed by atoms with Crippen LogP contribution in [0.5, 0.6) is 0 Å². The predicted octanol–water partition coefficient (Wildman–Crippen LogP) is 2.89. The highest BCUT2D eigenvalue weighted by atomic mass is 16.1. The van der Waals surface area contributed by atoms with Crippen LogP contribution in [0.15, 0.2) is 35.1 Å². The van der Waals surface area contributed by atoms with E-state index in [9.17, 15) is 4.79 Å².